The van der Waals surface area contributed by atoms with Crippen molar-refractivity contribution in [3.63, 3.8) is 0 Å². The topological polar surface area (TPSA) is 44.5 Å². The highest BCUT2D eigenvalue weighted by Crippen LogP contribution is 2.22. The number of rotatable bonds is 6. The number of methoxy groups -OCH3 is 1. The molecule has 3 nitrogen and oxygen atoms in total. The summed E-state index contributed by atoms with van der Waals surface area (Å²) in [6.45, 7) is 4.30. The third-order valence-corrected chi connectivity index (χ3v) is 2.54. The van der Waals surface area contributed by atoms with Gasteiger partial charge in [0.2, 0.25) is 0 Å². The van der Waals surface area contributed by atoms with E-state index in [1.807, 2.05) is 13.8 Å². The second-order valence-electron chi connectivity index (χ2n) is 4.19. The smallest absolute Gasteiger partial charge is 0.165 e. The lowest BCUT2D eigenvalue weighted by atomic mass is 10.1. The summed E-state index contributed by atoms with van der Waals surface area (Å²) < 4.78 is 24.1. The molecule has 0 aliphatic carbocycles. The zero-order chi connectivity index (χ0) is 12.8. The lowest BCUT2D eigenvalue weighted by Crippen LogP contribution is -2.15. The van der Waals surface area contributed by atoms with Crippen molar-refractivity contribution in [1.29, 1.82) is 0 Å². The van der Waals surface area contributed by atoms with Gasteiger partial charge in [0.15, 0.2) is 11.6 Å². The molecule has 4 heteroatoms. The molecule has 1 rings (SSSR count). The van der Waals surface area contributed by atoms with E-state index in [9.17, 15) is 4.39 Å². The minimum atomic E-state index is -0.371. The molecule has 0 amide bonds. The molecule has 0 heterocycles. The van der Waals surface area contributed by atoms with Crippen LogP contribution in [0.15, 0.2) is 18.2 Å². The van der Waals surface area contributed by atoms with Crippen LogP contribution < -0.4 is 10.5 Å². The third kappa shape index (κ3) is 4.32. The van der Waals surface area contributed by atoms with Gasteiger partial charge in [-0.25, -0.2) is 4.39 Å². The van der Waals surface area contributed by atoms with Crippen molar-refractivity contribution in [2.24, 2.45) is 5.73 Å². The van der Waals surface area contributed by atoms with Crippen LogP contribution in [0.4, 0.5) is 4.39 Å². The molecule has 1 aromatic rings. The highest BCUT2D eigenvalue weighted by atomic mass is 19.1. The molecule has 0 bridgehead atoms. The minimum absolute atomic E-state index is 0.0781. The number of hydrogen-bond acceptors (Lipinski definition) is 3. The Morgan fingerprint density at radius 1 is 1.35 bits per heavy atom. The predicted octanol–water partition coefficient (Wildman–Crippen LogP) is 2.65. The number of hydrogen-bond donors (Lipinski definition) is 1. The maximum Gasteiger partial charge on any atom is 0.165 e. The van der Waals surface area contributed by atoms with E-state index in [-0.39, 0.29) is 23.7 Å². The van der Waals surface area contributed by atoms with Crippen LogP contribution in [0.1, 0.15) is 31.9 Å². The molecule has 17 heavy (non-hydrogen) atoms. The normalized spacial score (nSPS) is 14.4. The summed E-state index contributed by atoms with van der Waals surface area (Å²) in [5, 5.41) is 0. The van der Waals surface area contributed by atoms with Crippen LogP contribution in [0.3, 0.4) is 0 Å². The molecule has 2 N–H and O–H groups in total. The fourth-order valence-electron chi connectivity index (χ4n) is 1.46. The van der Waals surface area contributed by atoms with Gasteiger partial charge < -0.3 is 15.2 Å². The Bertz CT molecular complexity index is 355. The van der Waals surface area contributed by atoms with E-state index in [2.05, 4.69) is 0 Å². The zero-order valence-electron chi connectivity index (χ0n) is 10.6. The van der Waals surface area contributed by atoms with Crippen molar-refractivity contribution >= 4 is 0 Å². The zero-order valence-corrected chi connectivity index (χ0v) is 10.6. The van der Waals surface area contributed by atoms with Crippen molar-refractivity contribution in [3.8, 4) is 5.75 Å². The van der Waals surface area contributed by atoms with Gasteiger partial charge in [0.25, 0.3) is 0 Å². The molecule has 0 aromatic heterocycles. The molecule has 0 aliphatic rings. The Kier molecular flexibility index (Phi) is 5.38. The molecule has 96 valence electrons. The van der Waals surface area contributed by atoms with Gasteiger partial charge in [-0.1, -0.05) is 6.07 Å². The first kappa shape index (κ1) is 13.9. The third-order valence-electron chi connectivity index (χ3n) is 2.54. The van der Waals surface area contributed by atoms with Crippen LogP contribution in [-0.4, -0.2) is 19.8 Å². The maximum atomic E-state index is 13.7. The molecule has 0 spiro atoms. The highest BCUT2D eigenvalue weighted by molar-refractivity contribution is 5.30. The molecular formula is C13H20FNO2. The molecule has 0 fully saturated rings. The van der Waals surface area contributed by atoms with Crippen LogP contribution in [-0.2, 0) is 4.74 Å². The van der Waals surface area contributed by atoms with E-state index in [1.165, 1.54) is 6.07 Å². The number of ether oxygens (including phenoxy) is 2. The SMILES string of the molecule is COCCC(C)Oc1ccc([C@H](C)N)cc1F. The molecule has 0 radical (unpaired) electrons. The summed E-state index contributed by atoms with van der Waals surface area (Å²) in [6.07, 6.45) is 0.649. The van der Waals surface area contributed by atoms with Gasteiger partial charge in [0.1, 0.15) is 0 Å². The molecule has 0 saturated heterocycles. The average molecular weight is 241 g/mol. The first-order chi connectivity index (χ1) is 8.04. The van der Waals surface area contributed by atoms with Gasteiger partial charge in [0.05, 0.1) is 6.10 Å². The van der Waals surface area contributed by atoms with Crippen molar-refractivity contribution in [2.75, 3.05) is 13.7 Å². The van der Waals surface area contributed by atoms with Crippen LogP contribution in [0.2, 0.25) is 0 Å². The maximum absolute atomic E-state index is 13.7. The van der Waals surface area contributed by atoms with E-state index in [0.29, 0.717) is 6.61 Å². The van der Waals surface area contributed by atoms with Crippen molar-refractivity contribution < 1.29 is 13.9 Å². The van der Waals surface area contributed by atoms with Gasteiger partial charge in [-0.15, -0.1) is 0 Å². The molecule has 2 atom stereocenters. The van der Waals surface area contributed by atoms with Gasteiger partial charge in [0, 0.05) is 26.2 Å². The Hall–Kier alpha value is -1.13. The summed E-state index contributed by atoms with van der Waals surface area (Å²) in [5.74, 6) is -0.109. The first-order valence-electron chi connectivity index (χ1n) is 5.75. The largest absolute Gasteiger partial charge is 0.488 e. The molecule has 0 aliphatic heterocycles. The van der Waals surface area contributed by atoms with Crippen molar-refractivity contribution in [1.82, 2.24) is 0 Å². The van der Waals surface area contributed by atoms with E-state index in [4.69, 9.17) is 15.2 Å². The Morgan fingerprint density at radius 2 is 2.06 bits per heavy atom. The van der Waals surface area contributed by atoms with E-state index in [1.54, 1.807) is 19.2 Å². The summed E-state index contributed by atoms with van der Waals surface area (Å²) in [7, 11) is 1.63. The fraction of sp³-hybridized carbons (Fsp3) is 0.538. The second-order valence-corrected chi connectivity index (χ2v) is 4.19. The average Bonchev–Trinajstić information content (AvgIpc) is 2.28. The van der Waals surface area contributed by atoms with E-state index >= 15 is 0 Å². The monoisotopic (exact) mass is 241 g/mol. The lowest BCUT2D eigenvalue weighted by Gasteiger charge is -2.15. The summed E-state index contributed by atoms with van der Waals surface area (Å²) >= 11 is 0. The Balaban J connectivity index is 2.65. The van der Waals surface area contributed by atoms with E-state index < -0.39 is 0 Å². The number of nitrogens with two attached hydrogens (primary N) is 1. The van der Waals surface area contributed by atoms with Gasteiger partial charge >= 0.3 is 0 Å². The Labute approximate surface area is 102 Å². The minimum Gasteiger partial charge on any atom is -0.488 e. The van der Waals surface area contributed by atoms with Crippen molar-refractivity contribution in [2.45, 2.75) is 32.4 Å². The first-order valence-corrected chi connectivity index (χ1v) is 5.75. The number of halogens is 1. The van der Waals surface area contributed by atoms with Gasteiger partial charge in [-0.05, 0) is 31.5 Å². The fourth-order valence-corrected chi connectivity index (χ4v) is 1.46. The van der Waals surface area contributed by atoms with Gasteiger partial charge in [-0.2, -0.15) is 0 Å². The van der Waals surface area contributed by atoms with E-state index in [0.717, 1.165) is 12.0 Å². The van der Waals surface area contributed by atoms with Crippen LogP contribution in [0, 0.1) is 5.82 Å². The van der Waals surface area contributed by atoms with Crippen LogP contribution in [0.5, 0.6) is 5.75 Å². The summed E-state index contributed by atoms with van der Waals surface area (Å²) in [6, 6.07) is 4.65. The molecule has 1 unspecified atom stereocenters. The Morgan fingerprint density at radius 3 is 2.59 bits per heavy atom. The number of benzene rings is 1. The molecule has 1 aromatic carbocycles. The second kappa shape index (κ2) is 6.57. The van der Waals surface area contributed by atoms with Crippen LogP contribution in [0.25, 0.3) is 0 Å². The highest BCUT2D eigenvalue weighted by Gasteiger charge is 2.10. The molecular weight excluding hydrogens is 221 g/mol. The molecule has 0 saturated carbocycles. The standard InChI is InChI=1S/C13H20FNO2/c1-9(6-7-16-3)17-13-5-4-11(10(2)15)8-12(13)14/h4-5,8-10H,6-7,15H2,1-3H3/t9?,10-/m0/s1. The lowest BCUT2D eigenvalue weighted by molar-refractivity contribution is 0.132. The predicted molar refractivity (Wildman–Crippen MR) is 65.6 cm³/mol. The quantitative estimate of drug-likeness (QED) is 0.832. The van der Waals surface area contributed by atoms with Crippen LogP contribution >= 0.6 is 0 Å². The van der Waals surface area contributed by atoms with Gasteiger partial charge in [-0.3, -0.25) is 0 Å². The summed E-state index contributed by atoms with van der Waals surface area (Å²) in [4.78, 5) is 0. The van der Waals surface area contributed by atoms with Crippen molar-refractivity contribution in [3.05, 3.63) is 29.6 Å². The summed E-state index contributed by atoms with van der Waals surface area (Å²) in [5.41, 5.74) is 6.44.